The molecule has 2 atom stereocenters. The molecule has 1 aliphatic carbocycles. The van der Waals surface area contributed by atoms with Crippen LogP contribution in [0.2, 0.25) is 0 Å². The first-order valence-corrected chi connectivity index (χ1v) is 6.92. The fraction of sp³-hybridized carbons (Fsp3) is 0.562. The van der Waals surface area contributed by atoms with Gasteiger partial charge in [-0.25, -0.2) is 0 Å². The summed E-state index contributed by atoms with van der Waals surface area (Å²) in [5.74, 6) is 0.753. The molecule has 1 aliphatic rings. The molecule has 104 valence electrons. The number of methoxy groups -OCH3 is 1. The van der Waals surface area contributed by atoms with E-state index in [2.05, 4.69) is 6.92 Å². The average molecular weight is 262 g/mol. The monoisotopic (exact) mass is 262 g/mol. The van der Waals surface area contributed by atoms with Crippen molar-refractivity contribution in [3.05, 3.63) is 29.8 Å². The molecule has 1 aromatic carbocycles. The van der Waals surface area contributed by atoms with E-state index in [0.29, 0.717) is 5.92 Å². The predicted octanol–water partition coefficient (Wildman–Crippen LogP) is 3.52. The summed E-state index contributed by atoms with van der Waals surface area (Å²) in [4.78, 5) is 11.6. The van der Waals surface area contributed by atoms with E-state index in [9.17, 15) is 9.90 Å². The fourth-order valence-electron chi connectivity index (χ4n) is 3.10. The van der Waals surface area contributed by atoms with Gasteiger partial charge in [0.1, 0.15) is 5.75 Å². The molecule has 3 heteroatoms. The Morgan fingerprint density at radius 2 is 2.11 bits per heavy atom. The second-order valence-corrected chi connectivity index (χ2v) is 5.78. The smallest absolute Gasteiger partial charge is 0.309 e. The Hall–Kier alpha value is -1.51. The highest BCUT2D eigenvalue weighted by molar-refractivity contribution is 5.75. The van der Waals surface area contributed by atoms with E-state index in [-0.39, 0.29) is 0 Å². The average Bonchev–Trinajstić information content (AvgIpc) is 2.80. The highest BCUT2D eigenvalue weighted by Gasteiger charge is 2.43. The predicted molar refractivity (Wildman–Crippen MR) is 74.4 cm³/mol. The maximum Gasteiger partial charge on any atom is 0.309 e. The lowest BCUT2D eigenvalue weighted by Gasteiger charge is -2.24. The molecule has 19 heavy (non-hydrogen) atoms. The molecule has 1 saturated carbocycles. The normalized spacial score (nSPS) is 26.3. The summed E-state index contributed by atoms with van der Waals surface area (Å²) in [6, 6.07) is 7.90. The van der Waals surface area contributed by atoms with Crippen LogP contribution in [0.15, 0.2) is 24.3 Å². The summed E-state index contributed by atoms with van der Waals surface area (Å²) in [6.07, 6.45) is 4.23. The molecule has 0 heterocycles. The van der Waals surface area contributed by atoms with Gasteiger partial charge in [0.15, 0.2) is 0 Å². The van der Waals surface area contributed by atoms with Crippen molar-refractivity contribution in [1.82, 2.24) is 0 Å². The van der Waals surface area contributed by atoms with Crippen LogP contribution in [0.25, 0.3) is 0 Å². The standard InChI is InChI=1S/C16H22O3/c1-12-7-9-16(11-12,15(17)18)10-8-13-3-5-14(19-2)6-4-13/h3-6,12H,7-11H2,1-2H3,(H,17,18). The van der Waals surface area contributed by atoms with Gasteiger partial charge in [-0.15, -0.1) is 0 Å². The zero-order chi connectivity index (χ0) is 13.9. The SMILES string of the molecule is COc1ccc(CCC2(C(=O)O)CCC(C)C2)cc1. The molecule has 1 aromatic rings. The molecule has 3 nitrogen and oxygen atoms in total. The highest BCUT2D eigenvalue weighted by Crippen LogP contribution is 2.45. The van der Waals surface area contributed by atoms with Crippen LogP contribution in [0, 0.1) is 11.3 Å². The van der Waals surface area contributed by atoms with Crippen LogP contribution in [0.4, 0.5) is 0 Å². The van der Waals surface area contributed by atoms with Gasteiger partial charge in [0.25, 0.3) is 0 Å². The van der Waals surface area contributed by atoms with Crippen LogP contribution in [0.5, 0.6) is 5.75 Å². The Morgan fingerprint density at radius 3 is 2.58 bits per heavy atom. The number of rotatable bonds is 5. The summed E-state index contributed by atoms with van der Waals surface area (Å²) in [5.41, 5.74) is 0.681. The minimum absolute atomic E-state index is 0.501. The van der Waals surface area contributed by atoms with Crippen molar-refractivity contribution in [2.45, 2.75) is 39.0 Å². The Balaban J connectivity index is 2.01. The molecule has 0 saturated heterocycles. The topological polar surface area (TPSA) is 46.5 Å². The number of hydrogen-bond acceptors (Lipinski definition) is 2. The van der Waals surface area contributed by atoms with E-state index in [1.54, 1.807) is 7.11 Å². The van der Waals surface area contributed by atoms with E-state index < -0.39 is 11.4 Å². The zero-order valence-corrected chi connectivity index (χ0v) is 11.7. The number of carbonyl (C=O) groups is 1. The third-order valence-corrected chi connectivity index (χ3v) is 4.36. The third-order valence-electron chi connectivity index (χ3n) is 4.36. The molecular weight excluding hydrogens is 240 g/mol. The van der Waals surface area contributed by atoms with Crippen molar-refractivity contribution in [2.24, 2.45) is 11.3 Å². The number of aryl methyl sites for hydroxylation is 1. The van der Waals surface area contributed by atoms with Crippen molar-refractivity contribution in [3.8, 4) is 5.75 Å². The molecule has 0 radical (unpaired) electrons. The van der Waals surface area contributed by atoms with Gasteiger partial charge in [-0.1, -0.05) is 19.1 Å². The lowest BCUT2D eigenvalue weighted by atomic mass is 9.80. The maximum absolute atomic E-state index is 11.6. The van der Waals surface area contributed by atoms with Gasteiger partial charge in [-0.3, -0.25) is 4.79 Å². The second kappa shape index (κ2) is 5.64. The lowest BCUT2D eigenvalue weighted by Crippen LogP contribution is -2.28. The first-order chi connectivity index (χ1) is 9.05. The van der Waals surface area contributed by atoms with Gasteiger partial charge in [0.05, 0.1) is 12.5 Å². The summed E-state index contributed by atoms with van der Waals surface area (Å²) in [6.45, 7) is 2.15. The Kier molecular flexibility index (Phi) is 4.13. The van der Waals surface area contributed by atoms with Crippen LogP contribution in [-0.4, -0.2) is 18.2 Å². The van der Waals surface area contributed by atoms with Crippen molar-refractivity contribution in [2.75, 3.05) is 7.11 Å². The molecule has 0 aliphatic heterocycles. The number of aliphatic carboxylic acids is 1. The molecule has 1 N–H and O–H groups in total. The van der Waals surface area contributed by atoms with Crippen LogP contribution in [-0.2, 0) is 11.2 Å². The maximum atomic E-state index is 11.6. The van der Waals surface area contributed by atoms with E-state index in [0.717, 1.165) is 37.9 Å². The summed E-state index contributed by atoms with van der Waals surface area (Å²) in [5, 5.41) is 9.52. The Morgan fingerprint density at radius 1 is 1.42 bits per heavy atom. The largest absolute Gasteiger partial charge is 0.497 e. The molecule has 1 fully saturated rings. The first kappa shape index (κ1) is 13.9. The van der Waals surface area contributed by atoms with Crippen LogP contribution < -0.4 is 4.74 Å². The fourth-order valence-corrected chi connectivity index (χ4v) is 3.10. The number of carboxylic acids is 1. The lowest BCUT2D eigenvalue weighted by molar-refractivity contribution is -0.149. The van der Waals surface area contributed by atoms with E-state index in [4.69, 9.17) is 4.74 Å². The second-order valence-electron chi connectivity index (χ2n) is 5.78. The molecule has 0 spiro atoms. The summed E-state index contributed by atoms with van der Waals surface area (Å²) in [7, 11) is 1.65. The van der Waals surface area contributed by atoms with Gasteiger partial charge >= 0.3 is 5.97 Å². The quantitative estimate of drug-likeness (QED) is 0.883. The van der Waals surface area contributed by atoms with Crippen molar-refractivity contribution < 1.29 is 14.6 Å². The highest BCUT2D eigenvalue weighted by atomic mass is 16.5. The van der Waals surface area contributed by atoms with E-state index in [1.807, 2.05) is 24.3 Å². The molecule has 2 rings (SSSR count). The van der Waals surface area contributed by atoms with E-state index in [1.165, 1.54) is 5.56 Å². The van der Waals surface area contributed by atoms with Gasteiger partial charge in [0, 0.05) is 0 Å². The van der Waals surface area contributed by atoms with Gasteiger partial charge in [-0.05, 0) is 55.7 Å². The van der Waals surface area contributed by atoms with Gasteiger partial charge in [-0.2, -0.15) is 0 Å². The summed E-state index contributed by atoms with van der Waals surface area (Å²) < 4.78 is 5.13. The van der Waals surface area contributed by atoms with Gasteiger partial charge in [0.2, 0.25) is 0 Å². The number of carboxylic acid groups (broad SMARTS) is 1. The minimum Gasteiger partial charge on any atom is -0.497 e. The van der Waals surface area contributed by atoms with Crippen LogP contribution in [0.3, 0.4) is 0 Å². The van der Waals surface area contributed by atoms with Crippen molar-refractivity contribution in [1.29, 1.82) is 0 Å². The molecule has 0 bridgehead atoms. The number of hydrogen-bond donors (Lipinski definition) is 1. The summed E-state index contributed by atoms with van der Waals surface area (Å²) >= 11 is 0. The number of benzene rings is 1. The molecule has 0 amide bonds. The molecule has 0 aromatic heterocycles. The minimum atomic E-state index is -0.620. The Labute approximate surface area is 114 Å². The zero-order valence-electron chi connectivity index (χ0n) is 11.7. The van der Waals surface area contributed by atoms with Crippen LogP contribution >= 0.6 is 0 Å². The first-order valence-electron chi connectivity index (χ1n) is 6.92. The molecular formula is C16H22O3. The van der Waals surface area contributed by atoms with E-state index >= 15 is 0 Å². The number of ether oxygens (including phenoxy) is 1. The van der Waals surface area contributed by atoms with Crippen LogP contribution in [0.1, 0.15) is 38.2 Å². The van der Waals surface area contributed by atoms with Crippen molar-refractivity contribution >= 4 is 5.97 Å². The molecule has 2 unspecified atom stereocenters. The Bertz CT molecular complexity index is 438. The van der Waals surface area contributed by atoms with Crippen molar-refractivity contribution in [3.63, 3.8) is 0 Å². The third kappa shape index (κ3) is 3.09. The van der Waals surface area contributed by atoms with Gasteiger partial charge < -0.3 is 9.84 Å².